The summed E-state index contributed by atoms with van der Waals surface area (Å²) in [5, 5.41) is 13.8. The van der Waals surface area contributed by atoms with Crippen molar-refractivity contribution in [2.75, 3.05) is 5.32 Å². The molecule has 0 aliphatic carbocycles. The lowest BCUT2D eigenvalue weighted by molar-refractivity contribution is -0.136. The summed E-state index contributed by atoms with van der Waals surface area (Å²) in [5.74, 6) is -0.896. The maximum Gasteiger partial charge on any atom is 0.308 e. The van der Waals surface area contributed by atoms with Crippen LogP contribution in [0.25, 0.3) is 11.3 Å². The van der Waals surface area contributed by atoms with Gasteiger partial charge in [-0.05, 0) is 24.1 Å². The molecule has 2 N–H and O–H groups in total. The number of carboxylic acids is 1. The number of aryl methyl sites for hydroxylation is 1. The van der Waals surface area contributed by atoms with E-state index in [-0.39, 0.29) is 6.42 Å². The van der Waals surface area contributed by atoms with Crippen LogP contribution >= 0.6 is 34.5 Å². The normalized spacial score (nSPS) is 10.7. The van der Waals surface area contributed by atoms with Crippen LogP contribution in [0.1, 0.15) is 17.4 Å². The summed E-state index contributed by atoms with van der Waals surface area (Å²) in [5.41, 5.74) is 3.40. The lowest BCUT2D eigenvalue weighted by atomic mass is 10.1. The van der Waals surface area contributed by atoms with E-state index in [0.717, 1.165) is 12.0 Å². The van der Waals surface area contributed by atoms with E-state index >= 15 is 0 Å². The molecule has 1 heterocycles. The van der Waals surface area contributed by atoms with Crippen LogP contribution in [0.4, 0.5) is 10.8 Å². The summed E-state index contributed by atoms with van der Waals surface area (Å²) < 4.78 is 0. The Morgan fingerprint density at radius 2 is 1.92 bits per heavy atom. The Morgan fingerprint density at radius 1 is 1.19 bits per heavy atom. The van der Waals surface area contributed by atoms with Gasteiger partial charge in [-0.3, -0.25) is 4.79 Å². The minimum atomic E-state index is -0.896. The molecular formula is C19H16Cl2N2O2S. The molecule has 2 aromatic carbocycles. The molecule has 0 bridgehead atoms. The van der Waals surface area contributed by atoms with Crippen LogP contribution in [0.5, 0.6) is 0 Å². The smallest absolute Gasteiger partial charge is 0.308 e. The average molecular weight is 407 g/mol. The molecule has 0 radical (unpaired) electrons. The van der Waals surface area contributed by atoms with Gasteiger partial charge in [0.15, 0.2) is 5.13 Å². The molecule has 0 fully saturated rings. The number of hydrogen-bond acceptors (Lipinski definition) is 4. The van der Waals surface area contributed by atoms with Gasteiger partial charge >= 0.3 is 5.97 Å². The largest absolute Gasteiger partial charge is 0.481 e. The Morgan fingerprint density at radius 3 is 2.58 bits per heavy atom. The molecule has 134 valence electrons. The third kappa shape index (κ3) is 4.18. The highest BCUT2D eigenvalue weighted by atomic mass is 35.5. The van der Waals surface area contributed by atoms with Crippen molar-refractivity contribution in [3.63, 3.8) is 0 Å². The Kier molecular flexibility index (Phi) is 5.81. The third-order valence-electron chi connectivity index (χ3n) is 3.84. The average Bonchev–Trinajstić information content (AvgIpc) is 3.00. The van der Waals surface area contributed by atoms with E-state index in [0.29, 0.717) is 31.4 Å². The number of halogens is 2. The molecule has 0 unspecified atom stereocenters. The minimum Gasteiger partial charge on any atom is -0.481 e. The van der Waals surface area contributed by atoms with Gasteiger partial charge in [0.2, 0.25) is 0 Å². The second kappa shape index (κ2) is 8.08. The first-order chi connectivity index (χ1) is 12.5. The molecule has 26 heavy (non-hydrogen) atoms. The maximum atomic E-state index is 11.2. The van der Waals surface area contributed by atoms with Gasteiger partial charge in [-0.25, -0.2) is 4.98 Å². The Labute approximate surface area is 165 Å². The van der Waals surface area contributed by atoms with E-state index in [9.17, 15) is 9.90 Å². The number of aromatic nitrogens is 1. The fourth-order valence-corrected chi connectivity index (χ4v) is 3.84. The van der Waals surface area contributed by atoms with Crippen molar-refractivity contribution in [3.05, 3.63) is 63.0 Å². The molecule has 0 aliphatic heterocycles. The molecule has 1 aromatic heterocycles. The second-order valence-corrected chi connectivity index (χ2v) is 7.51. The lowest BCUT2D eigenvalue weighted by Gasteiger charge is -2.06. The SMILES string of the molecule is CCc1ccc(-c2nc(Nc3cccc(Cl)c3Cl)sc2CC(=O)O)cc1. The fourth-order valence-electron chi connectivity index (χ4n) is 2.50. The van der Waals surface area contributed by atoms with E-state index in [2.05, 4.69) is 17.2 Å². The van der Waals surface area contributed by atoms with Crippen LogP contribution in [-0.4, -0.2) is 16.1 Å². The highest BCUT2D eigenvalue weighted by Gasteiger charge is 2.17. The van der Waals surface area contributed by atoms with E-state index < -0.39 is 5.97 Å². The number of rotatable bonds is 6. The summed E-state index contributed by atoms with van der Waals surface area (Å²) in [6, 6.07) is 13.3. The van der Waals surface area contributed by atoms with Crippen molar-refractivity contribution in [1.29, 1.82) is 0 Å². The van der Waals surface area contributed by atoms with Gasteiger partial charge in [0.05, 0.1) is 27.8 Å². The molecule has 0 saturated heterocycles. The van der Waals surface area contributed by atoms with Gasteiger partial charge in [-0.2, -0.15) is 0 Å². The van der Waals surface area contributed by atoms with Crippen LogP contribution < -0.4 is 5.32 Å². The van der Waals surface area contributed by atoms with Crippen molar-refractivity contribution in [3.8, 4) is 11.3 Å². The Bertz CT molecular complexity index is 939. The zero-order valence-corrected chi connectivity index (χ0v) is 16.3. The van der Waals surface area contributed by atoms with Crippen LogP contribution in [-0.2, 0) is 17.6 Å². The van der Waals surface area contributed by atoms with Crippen molar-refractivity contribution >= 4 is 51.3 Å². The number of thiazole rings is 1. The highest BCUT2D eigenvalue weighted by molar-refractivity contribution is 7.16. The molecule has 0 atom stereocenters. The molecule has 7 heteroatoms. The Balaban J connectivity index is 1.98. The van der Waals surface area contributed by atoms with Gasteiger partial charge in [0, 0.05) is 10.4 Å². The molecule has 3 aromatic rings. The number of hydrogen-bond donors (Lipinski definition) is 2. The topological polar surface area (TPSA) is 62.2 Å². The number of benzene rings is 2. The summed E-state index contributed by atoms with van der Waals surface area (Å²) in [7, 11) is 0. The van der Waals surface area contributed by atoms with Crippen LogP contribution in [0, 0.1) is 0 Å². The molecule has 0 spiro atoms. The number of nitrogens with one attached hydrogen (secondary N) is 1. The quantitative estimate of drug-likeness (QED) is 0.522. The maximum absolute atomic E-state index is 11.2. The molecule has 3 rings (SSSR count). The number of aliphatic carboxylic acids is 1. The van der Waals surface area contributed by atoms with Gasteiger partial charge in [-0.15, -0.1) is 11.3 Å². The highest BCUT2D eigenvalue weighted by Crippen LogP contribution is 2.36. The number of carbonyl (C=O) groups is 1. The first kappa shape index (κ1) is 18.7. The molecular weight excluding hydrogens is 391 g/mol. The zero-order valence-electron chi connectivity index (χ0n) is 13.9. The molecule has 0 saturated carbocycles. The zero-order chi connectivity index (χ0) is 18.7. The molecule has 4 nitrogen and oxygen atoms in total. The monoisotopic (exact) mass is 406 g/mol. The number of anilines is 2. The standard InChI is InChI=1S/C19H16Cl2N2O2S/c1-2-11-6-8-12(9-7-11)18-15(10-16(24)25)26-19(23-18)22-14-5-3-4-13(20)17(14)21/h3-9H,2,10H2,1H3,(H,22,23)(H,24,25). The third-order valence-corrected chi connectivity index (χ3v) is 5.63. The second-order valence-electron chi connectivity index (χ2n) is 5.64. The number of carboxylic acid groups (broad SMARTS) is 1. The van der Waals surface area contributed by atoms with Crippen LogP contribution in [0.2, 0.25) is 10.0 Å². The predicted molar refractivity (Wildman–Crippen MR) is 108 cm³/mol. The lowest BCUT2D eigenvalue weighted by Crippen LogP contribution is -1.99. The van der Waals surface area contributed by atoms with E-state index in [1.165, 1.54) is 16.9 Å². The van der Waals surface area contributed by atoms with Gasteiger partial charge < -0.3 is 10.4 Å². The van der Waals surface area contributed by atoms with Crippen molar-refractivity contribution in [2.45, 2.75) is 19.8 Å². The first-order valence-electron chi connectivity index (χ1n) is 7.99. The van der Waals surface area contributed by atoms with Crippen molar-refractivity contribution in [2.24, 2.45) is 0 Å². The summed E-state index contributed by atoms with van der Waals surface area (Å²) in [4.78, 5) is 16.5. The van der Waals surface area contributed by atoms with Crippen molar-refractivity contribution in [1.82, 2.24) is 4.98 Å². The van der Waals surface area contributed by atoms with E-state index in [1.54, 1.807) is 18.2 Å². The van der Waals surface area contributed by atoms with Gasteiger partial charge in [0.25, 0.3) is 0 Å². The number of nitrogens with zero attached hydrogens (tertiary/aromatic N) is 1. The van der Waals surface area contributed by atoms with E-state index in [1.807, 2.05) is 24.3 Å². The van der Waals surface area contributed by atoms with E-state index in [4.69, 9.17) is 23.2 Å². The van der Waals surface area contributed by atoms with Gasteiger partial charge in [-0.1, -0.05) is 60.5 Å². The van der Waals surface area contributed by atoms with Crippen LogP contribution in [0.15, 0.2) is 42.5 Å². The molecule has 0 aliphatic rings. The fraction of sp³-hybridized carbons (Fsp3) is 0.158. The predicted octanol–water partition coefficient (Wildman–Crippen LogP) is 6.05. The molecule has 0 amide bonds. The minimum absolute atomic E-state index is 0.0898. The first-order valence-corrected chi connectivity index (χ1v) is 9.57. The Hall–Kier alpha value is -2.08. The van der Waals surface area contributed by atoms with Crippen molar-refractivity contribution < 1.29 is 9.90 Å². The summed E-state index contributed by atoms with van der Waals surface area (Å²) in [6.07, 6.45) is 0.854. The summed E-state index contributed by atoms with van der Waals surface area (Å²) >= 11 is 13.6. The summed E-state index contributed by atoms with van der Waals surface area (Å²) in [6.45, 7) is 2.09. The van der Waals surface area contributed by atoms with Crippen LogP contribution in [0.3, 0.4) is 0 Å². The van der Waals surface area contributed by atoms with Gasteiger partial charge in [0.1, 0.15) is 0 Å².